The van der Waals surface area contributed by atoms with E-state index in [1.165, 1.54) is 24.3 Å². The summed E-state index contributed by atoms with van der Waals surface area (Å²) in [5.74, 6) is -0.662. The Balaban J connectivity index is 2.68. The van der Waals surface area contributed by atoms with Crippen LogP contribution in [-0.4, -0.2) is 46.7 Å². The third-order valence-corrected chi connectivity index (χ3v) is 3.57. The Morgan fingerprint density at radius 2 is 2.09 bits per heavy atom. The number of carbonyl (C=O) groups excluding carboxylic acids is 2. The van der Waals surface area contributed by atoms with Crippen molar-refractivity contribution in [2.24, 2.45) is 0 Å². The molecule has 23 heavy (non-hydrogen) atoms. The van der Waals surface area contributed by atoms with Crippen LogP contribution < -0.4 is 5.32 Å². The minimum Gasteiger partial charge on any atom is -0.504 e. The second-order valence-corrected chi connectivity index (χ2v) is 5.66. The van der Waals surface area contributed by atoms with Crippen LogP contribution in [0, 0.1) is 0 Å². The number of aromatic hydroxyl groups is 2. The van der Waals surface area contributed by atoms with Crippen molar-refractivity contribution in [1.82, 2.24) is 5.32 Å². The predicted molar refractivity (Wildman–Crippen MR) is 90.4 cm³/mol. The molecule has 0 spiro atoms. The van der Waals surface area contributed by atoms with E-state index in [4.69, 9.17) is 4.74 Å². The van der Waals surface area contributed by atoms with Crippen LogP contribution in [0.5, 0.6) is 11.5 Å². The third-order valence-electron chi connectivity index (χ3n) is 2.92. The van der Waals surface area contributed by atoms with E-state index in [1.54, 1.807) is 24.8 Å². The summed E-state index contributed by atoms with van der Waals surface area (Å²) < 4.78 is 4.95. The van der Waals surface area contributed by atoms with Gasteiger partial charge in [0.25, 0.3) is 0 Å². The molecule has 0 radical (unpaired) electrons. The van der Waals surface area contributed by atoms with Gasteiger partial charge in [0.15, 0.2) is 11.5 Å². The van der Waals surface area contributed by atoms with Crippen LogP contribution in [0.3, 0.4) is 0 Å². The van der Waals surface area contributed by atoms with Crippen LogP contribution >= 0.6 is 11.8 Å². The second-order valence-electron chi connectivity index (χ2n) is 4.68. The van der Waals surface area contributed by atoms with Crippen molar-refractivity contribution in [2.45, 2.75) is 19.4 Å². The van der Waals surface area contributed by atoms with Crippen molar-refractivity contribution < 1.29 is 24.5 Å². The van der Waals surface area contributed by atoms with Crippen molar-refractivity contribution in [1.29, 1.82) is 0 Å². The number of thioether (sulfide) groups is 1. The molecule has 1 amide bonds. The normalized spacial score (nSPS) is 12.1. The fourth-order valence-corrected chi connectivity index (χ4v) is 2.23. The van der Waals surface area contributed by atoms with E-state index in [1.807, 2.05) is 6.26 Å². The first kappa shape index (κ1) is 18.9. The fraction of sp³-hybridized carbons (Fsp3) is 0.375. The number of rotatable bonds is 8. The lowest BCUT2D eigenvalue weighted by Crippen LogP contribution is -2.41. The maximum atomic E-state index is 11.9. The number of phenolic OH excluding ortho intramolecular Hbond substituents is 2. The molecule has 0 saturated heterocycles. The Labute approximate surface area is 139 Å². The number of benzene rings is 1. The van der Waals surface area contributed by atoms with Gasteiger partial charge in [-0.1, -0.05) is 6.07 Å². The molecule has 1 atom stereocenters. The number of ether oxygens (including phenoxy) is 1. The van der Waals surface area contributed by atoms with E-state index in [2.05, 4.69) is 5.32 Å². The zero-order chi connectivity index (χ0) is 17.2. The molecule has 0 heterocycles. The van der Waals surface area contributed by atoms with Gasteiger partial charge in [-0.25, -0.2) is 4.79 Å². The van der Waals surface area contributed by atoms with Gasteiger partial charge in [0, 0.05) is 6.08 Å². The van der Waals surface area contributed by atoms with Crippen molar-refractivity contribution in [2.75, 3.05) is 18.6 Å². The highest BCUT2D eigenvalue weighted by Crippen LogP contribution is 2.25. The molecule has 0 fully saturated rings. The molecule has 3 N–H and O–H groups in total. The summed E-state index contributed by atoms with van der Waals surface area (Å²) in [7, 11) is 0. The molecule has 0 saturated carbocycles. The van der Waals surface area contributed by atoms with E-state index in [-0.39, 0.29) is 18.1 Å². The van der Waals surface area contributed by atoms with Crippen molar-refractivity contribution in [3.05, 3.63) is 29.8 Å². The van der Waals surface area contributed by atoms with Crippen LogP contribution in [0.4, 0.5) is 0 Å². The molecule has 1 aromatic rings. The lowest BCUT2D eigenvalue weighted by Gasteiger charge is -2.15. The SMILES string of the molecule is CCOC(=O)[C@H](CCSC)NC(=O)C=Cc1ccc(O)c(O)c1. The smallest absolute Gasteiger partial charge is 0.328 e. The van der Waals surface area contributed by atoms with Crippen molar-refractivity contribution in [3.8, 4) is 11.5 Å². The summed E-state index contributed by atoms with van der Waals surface area (Å²) in [6, 6.07) is 3.52. The zero-order valence-corrected chi connectivity index (χ0v) is 13.9. The first-order valence-corrected chi connectivity index (χ1v) is 8.53. The predicted octanol–water partition coefficient (Wildman–Crippen LogP) is 1.91. The molecule has 126 valence electrons. The van der Waals surface area contributed by atoms with Gasteiger partial charge < -0.3 is 20.3 Å². The van der Waals surface area contributed by atoms with Crippen LogP contribution in [0.2, 0.25) is 0 Å². The number of amides is 1. The molecule has 1 aromatic carbocycles. The van der Waals surface area contributed by atoms with Gasteiger partial charge >= 0.3 is 5.97 Å². The molecule has 6 nitrogen and oxygen atoms in total. The van der Waals surface area contributed by atoms with E-state index in [0.29, 0.717) is 12.0 Å². The Morgan fingerprint density at radius 1 is 1.35 bits per heavy atom. The molecule has 1 rings (SSSR count). The highest BCUT2D eigenvalue weighted by Gasteiger charge is 2.20. The van der Waals surface area contributed by atoms with Gasteiger partial charge in [-0.15, -0.1) is 0 Å². The Kier molecular flexibility index (Phi) is 8.04. The van der Waals surface area contributed by atoms with Crippen LogP contribution in [0.25, 0.3) is 6.08 Å². The summed E-state index contributed by atoms with van der Waals surface area (Å²) in [5.41, 5.74) is 0.548. The Morgan fingerprint density at radius 3 is 2.70 bits per heavy atom. The lowest BCUT2D eigenvalue weighted by atomic mass is 10.2. The van der Waals surface area contributed by atoms with Gasteiger partial charge in [0.05, 0.1) is 6.61 Å². The van der Waals surface area contributed by atoms with E-state index in [9.17, 15) is 19.8 Å². The number of hydrogen-bond donors (Lipinski definition) is 3. The monoisotopic (exact) mass is 339 g/mol. The molecule has 0 aromatic heterocycles. The summed E-state index contributed by atoms with van der Waals surface area (Å²) in [6.07, 6.45) is 5.14. The van der Waals surface area contributed by atoms with Gasteiger partial charge in [0.1, 0.15) is 6.04 Å². The quantitative estimate of drug-likeness (QED) is 0.380. The average Bonchev–Trinajstić information content (AvgIpc) is 2.52. The Hall–Kier alpha value is -2.15. The van der Waals surface area contributed by atoms with Crippen molar-refractivity contribution in [3.63, 3.8) is 0 Å². The molecular formula is C16H21NO5S. The maximum absolute atomic E-state index is 11.9. The van der Waals surface area contributed by atoms with Gasteiger partial charge in [0.2, 0.25) is 5.91 Å². The number of carbonyl (C=O) groups is 2. The lowest BCUT2D eigenvalue weighted by molar-refractivity contribution is -0.147. The standard InChI is InChI=1S/C16H21NO5S/c1-3-22-16(21)12(8-9-23-2)17-15(20)7-5-11-4-6-13(18)14(19)10-11/h4-7,10,12,18-19H,3,8-9H2,1-2H3,(H,17,20)/t12-/m0/s1. The van der Waals surface area contributed by atoms with Crippen LogP contribution in [0.1, 0.15) is 18.9 Å². The van der Waals surface area contributed by atoms with Gasteiger partial charge in [-0.05, 0) is 49.1 Å². The van der Waals surface area contributed by atoms with E-state index >= 15 is 0 Å². The largest absolute Gasteiger partial charge is 0.504 e. The first-order chi connectivity index (χ1) is 11.0. The van der Waals surface area contributed by atoms with Crippen LogP contribution in [-0.2, 0) is 14.3 Å². The molecule has 7 heteroatoms. The number of nitrogens with one attached hydrogen (secondary N) is 1. The molecule has 0 unspecified atom stereocenters. The maximum Gasteiger partial charge on any atom is 0.328 e. The van der Waals surface area contributed by atoms with Gasteiger partial charge in [-0.3, -0.25) is 4.79 Å². The third kappa shape index (κ3) is 6.65. The van der Waals surface area contributed by atoms with Crippen molar-refractivity contribution >= 4 is 29.7 Å². The number of hydrogen-bond acceptors (Lipinski definition) is 6. The highest BCUT2D eigenvalue weighted by molar-refractivity contribution is 7.98. The minimum absolute atomic E-state index is 0.231. The van der Waals surface area contributed by atoms with E-state index in [0.717, 1.165) is 5.75 Å². The summed E-state index contributed by atoms with van der Waals surface area (Å²) in [4.78, 5) is 23.7. The van der Waals surface area contributed by atoms with Crippen LogP contribution in [0.15, 0.2) is 24.3 Å². The molecule has 0 aliphatic carbocycles. The summed E-state index contributed by atoms with van der Waals surface area (Å²) in [5, 5.41) is 21.2. The molecule has 0 bridgehead atoms. The zero-order valence-electron chi connectivity index (χ0n) is 13.1. The fourth-order valence-electron chi connectivity index (χ4n) is 1.76. The first-order valence-electron chi connectivity index (χ1n) is 7.14. The van der Waals surface area contributed by atoms with Gasteiger partial charge in [-0.2, -0.15) is 11.8 Å². The number of esters is 1. The summed E-state index contributed by atoms with van der Waals surface area (Å²) in [6.45, 7) is 1.97. The van der Waals surface area contributed by atoms with E-state index < -0.39 is 17.9 Å². The highest BCUT2D eigenvalue weighted by atomic mass is 32.2. The topological polar surface area (TPSA) is 95.9 Å². The molecule has 0 aliphatic rings. The number of phenols is 2. The second kappa shape index (κ2) is 9.78. The minimum atomic E-state index is -0.687. The Bertz CT molecular complexity index is 574. The summed E-state index contributed by atoms with van der Waals surface area (Å²) >= 11 is 1.58. The molecular weight excluding hydrogens is 318 g/mol. The molecule has 0 aliphatic heterocycles. The average molecular weight is 339 g/mol.